The summed E-state index contributed by atoms with van der Waals surface area (Å²) in [5.41, 5.74) is 1.95. The Morgan fingerprint density at radius 2 is 2.09 bits per heavy atom. The molecule has 3 rings (SSSR count). The zero-order chi connectivity index (χ0) is 16.2. The molecule has 1 aromatic heterocycles. The van der Waals surface area contributed by atoms with Gasteiger partial charge in [-0.25, -0.2) is 4.39 Å². The lowest BCUT2D eigenvalue weighted by Gasteiger charge is -2.36. The van der Waals surface area contributed by atoms with Crippen molar-refractivity contribution in [3.63, 3.8) is 0 Å². The minimum absolute atomic E-state index is 0.148. The number of hydrogen-bond donors (Lipinski definition) is 1. The molecule has 4 nitrogen and oxygen atoms in total. The fourth-order valence-corrected chi connectivity index (χ4v) is 3.14. The van der Waals surface area contributed by atoms with Gasteiger partial charge in [-0.15, -0.1) is 0 Å². The number of benzene rings is 1. The van der Waals surface area contributed by atoms with Crippen molar-refractivity contribution in [2.45, 2.75) is 18.9 Å². The van der Waals surface area contributed by atoms with Crippen molar-refractivity contribution >= 4 is 5.69 Å². The molecule has 0 aliphatic carbocycles. The molecule has 2 aromatic rings. The number of piperidine rings is 1. The molecule has 2 heterocycles. The van der Waals surface area contributed by atoms with Crippen molar-refractivity contribution in [1.82, 2.24) is 4.98 Å². The summed E-state index contributed by atoms with van der Waals surface area (Å²) in [6.07, 6.45) is 4.42. The SMILES string of the molecule is N#Cc1ccc(F)cc1N1CCC([C@H](O)c2cccnc2)CC1. The van der Waals surface area contributed by atoms with Crippen LogP contribution in [0.1, 0.15) is 30.1 Å². The molecule has 0 bridgehead atoms. The maximum absolute atomic E-state index is 13.5. The number of pyridine rings is 1. The van der Waals surface area contributed by atoms with E-state index in [1.54, 1.807) is 12.4 Å². The number of nitrogens with zero attached hydrogens (tertiary/aromatic N) is 3. The molecule has 0 spiro atoms. The topological polar surface area (TPSA) is 60.2 Å². The normalized spacial score (nSPS) is 16.8. The highest BCUT2D eigenvalue weighted by molar-refractivity contribution is 5.59. The van der Waals surface area contributed by atoms with Gasteiger partial charge in [0.15, 0.2) is 0 Å². The third kappa shape index (κ3) is 3.33. The lowest BCUT2D eigenvalue weighted by Crippen LogP contribution is -2.36. The highest BCUT2D eigenvalue weighted by Crippen LogP contribution is 2.33. The van der Waals surface area contributed by atoms with Crippen molar-refractivity contribution in [3.8, 4) is 6.07 Å². The average molecular weight is 311 g/mol. The lowest BCUT2D eigenvalue weighted by molar-refractivity contribution is 0.0926. The molecular weight excluding hydrogens is 293 g/mol. The number of nitriles is 1. The quantitative estimate of drug-likeness (QED) is 0.946. The Morgan fingerprint density at radius 1 is 1.30 bits per heavy atom. The number of hydrogen-bond acceptors (Lipinski definition) is 4. The Hall–Kier alpha value is -2.45. The summed E-state index contributed by atoms with van der Waals surface area (Å²) in [6, 6.07) is 10.0. The van der Waals surface area contributed by atoms with E-state index >= 15 is 0 Å². The molecule has 23 heavy (non-hydrogen) atoms. The van der Waals surface area contributed by atoms with Crippen LogP contribution >= 0.6 is 0 Å². The van der Waals surface area contributed by atoms with Crippen LogP contribution in [0.2, 0.25) is 0 Å². The van der Waals surface area contributed by atoms with Crippen LogP contribution in [0.5, 0.6) is 0 Å². The fraction of sp³-hybridized carbons (Fsp3) is 0.333. The molecule has 5 heteroatoms. The number of aromatic nitrogens is 1. The van der Waals surface area contributed by atoms with Crippen LogP contribution in [0.4, 0.5) is 10.1 Å². The number of rotatable bonds is 3. The summed E-state index contributed by atoms with van der Waals surface area (Å²) in [7, 11) is 0. The third-order valence-electron chi connectivity index (χ3n) is 4.43. The largest absolute Gasteiger partial charge is 0.388 e. The molecule has 1 fully saturated rings. The van der Waals surface area contributed by atoms with Gasteiger partial charge in [0.1, 0.15) is 11.9 Å². The number of aliphatic hydroxyl groups excluding tert-OH is 1. The van der Waals surface area contributed by atoms with E-state index in [0.717, 1.165) is 18.4 Å². The second kappa shape index (κ2) is 6.76. The second-order valence-corrected chi connectivity index (χ2v) is 5.83. The molecule has 1 aliphatic heterocycles. The molecule has 1 aliphatic rings. The zero-order valence-electron chi connectivity index (χ0n) is 12.7. The standard InChI is InChI=1S/C18H18FN3O/c19-16-4-3-14(11-20)17(10-16)22-8-5-13(6-9-22)18(23)15-2-1-7-21-12-15/h1-4,7,10,12-13,18,23H,5-6,8-9H2/t18-/m0/s1. The van der Waals surface area contributed by atoms with Crippen molar-refractivity contribution in [2.24, 2.45) is 5.92 Å². The van der Waals surface area contributed by atoms with Crippen molar-refractivity contribution in [3.05, 3.63) is 59.7 Å². The van der Waals surface area contributed by atoms with Crippen LogP contribution in [0.15, 0.2) is 42.7 Å². The maximum atomic E-state index is 13.5. The van der Waals surface area contributed by atoms with E-state index in [1.807, 2.05) is 17.0 Å². The third-order valence-corrected chi connectivity index (χ3v) is 4.43. The molecule has 1 N–H and O–H groups in total. The zero-order valence-corrected chi connectivity index (χ0v) is 12.7. The molecule has 0 radical (unpaired) electrons. The first kappa shape index (κ1) is 15.4. The van der Waals surface area contributed by atoms with Crippen molar-refractivity contribution < 1.29 is 9.50 Å². The minimum Gasteiger partial charge on any atom is -0.388 e. The summed E-state index contributed by atoms with van der Waals surface area (Å²) in [5.74, 6) is -0.189. The van der Waals surface area contributed by atoms with Crippen LogP contribution in [0, 0.1) is 23.1 Å². The Kier molecular flexibility index (Phi) is 4.54. The van der Waals surface area contributed by atoms with E-state index in [2.05, 4.69) is 11.1 Å². The first-order valence-corrected chi connectivity index (χ1v) is 7.71. The molecule has 1 saturated heterocycles. The fourth-order valence-electron chi connectivity index (χ4n) is 3.14. The Balaban J connectivity index is 1.70. The van der Waals surface area contributed by atoms with Gasteiger partial charge in [-0.2, -0.15) is 5.26 Å². The van der Waals surface area contributed by atoms with Gasteiger partial charge in [0.2, 0.25) is 0 Å². The highest BCUT2D eigenvalue weighted by Gasteiger charge is 2.27. The molecule has 0 saturated carbocycles. The second-order valence-electron chi connectivity index (χ2n) is 5.83. The van der Waals surface area contributed by atoms with Gasteiger partial charge in [0.05, 0.1) is 17.4 Å². The van der Waals surface area contributed by atoms with Gasteiger partial charge >= 0.3 is 0 Å². The number of halogens is 1. The summed E-state index contributed by atoms with van der Waals surface area (Å²) < 4.78 is 13.5. The molecule has 0 unspecified atom stereocenters. The summed E-state index contributed by atoms with van der Waals surface area (Å²) in [5, 5.41) is 19.7. The van der Waals surface area contributed by atoms with Crippen LogP contribution in [-0.4, -0.2) is 23.2 Å². The predicted octanol–water partition coefficient (Wildman–Crippen LogP) is 3.04. The first-order chi connectivity index (χ1) is 11.2. The summed E-state index contributed by atoms with van der Waals surface area (Å²) in [4.78, 5) is 6.07. The van der Waals surface area contributed by atoms with E-state index in [-0.39, 0.29) is 11.7 Å². The number of aliphatic hydroxyl groups is 1. The van der Waals surface area contributed by atoms with Crippen LogP contribution in [-0.2, 0) is 0 Å². The van der Waals surface area contributed by atoms with Crippen molar-refractivity contribution in [2.75, 3.05) is 18.0 Å². The van der Waals surface area contributed by atoms with Gasteiger partial charge < -0.3 is 10.0 Å². The van der Waals surface area contributed by atoms with E-state index in [9.17, 15) is 14.8 Å². The lowest BCUT2D eigenvalue weighted by atomic mass is 9.87. The molecule has 118 valence electrons. The number of anilines is 1. The van der Waals surface area contributed by atoms with Crippen LogP contribution in [0.3, 0.4) is 0 Å². The van der Waals surface area contributed by atoms with Gasteiger partial charge in [-0.3, -0.25) is 4.98 Å². The van der Waals surface area contributed by atoms with E-state index < -0.39 is 6.10 Å². The van der Waals surface area contributed by atoms with Gasteiger partial charge in [-0.05, 0) is 48.6 Å². The van der Waals surface area contributed by atoms with Crippen LogP contribution < -0.4 is 4.90 Å². The Labute approximate surface area is 134 Å². The first-order valence-electron chi connectivity index (χ1n) is 7.71. The van der Waals surface area contributed by atoms with Crippen LogP contribution in [0.25, 0.3) is 0 Å². The highest BCUT2D eigenvalue weighted by atomic mass is 19.1. The summed E-state index contributed by atoms with van der Waals surface area (Å²) >= 11 is 0. The molecular formula is C18H18FN3O. The monoisotopic (exact) mass is 311 g/mol. The predicted molar refractivity (Wildman–Crippen MR) is 85.2 cm³/mol. The molecule has 0 amide bonds. The van der Waals surface area contributed by atoms with Crippen molar-refractivity contribution in [1.29, 1.82) is 5.26 Å². The van der Waals surface area contributed by atoms with Gasteiger partial charge in [-0.1, -0.05) is 6.07 Å². The minimum atomic E-state index is -0.534. The Bertz CT molecular complexity index is 706. The van der Waals surface area contributed by atoms with E-state index in [0.29, 0.717) is 24.3 Å². The molecule has 1 atom stereocenters. The summed E-state index contributed by atoms with van der Waals surface area (Å²) in [6.45, 7) is 1.39. The van der Waals surface area contributed by atoms with E-state index in [1.165, 1.54) is 18.2 Å². The Morgan fingerprint density at radius 3 is 2.74 bits per heavy atom. The smallest absolute Gasteiger partial charge is 0.125 e. The van der Waals surface area contributed by atoms with Gasteiger partial charge in [0, 0.05) is 25.5 Å². The van der Waals surface area contributed by atoms with E-state index in [4.69, 9.17) is 0 Å². The molecule has 1 aromatic carbocycles. The van der Waals surface area contributed by atoms with Gasteiger partial charge in [0.25, 0.3) is 0 Å². The average Bonchev–Trinajstić information content (AvgIpc) is 2.62. The maximum Gasteiger partial charge on any atom is 0.125 e.